The fourth-order valence-electron chi connectivity index (χ4n) is 2.14. The molecule has 0 atom stereocenters. The Balaban J connectivity index is 0. The van der Waals surface area contributed by atoms with Crippen molar-refractivity contribution in [3.8, 4) is 0 Å². The summed E-state index contributed by atoms with van der Waals surface area (Å²) < 4.78 is 0. The van der Waals surface area contributed by atoms with Crippen molar-refractivity contribution >= 4 is 11.9 Å². The van der Waals surface area contributed by atoms with Crippen molar-refractivity contribution < 1.29 is 0 Å². The summed E-state index contributed by atoms with van der Waals surface area (Å²) >= 11 is 0. The van der Waals surface area contributed by atoms with Crippen LogP contribution in [0.25, 0.3) is 0 Å². The monoisotopic (exact) mass is 342 g/mol. The van der Waals surface area contributed by atoms with Crippen LogP contribution in [0.1, 0.15) is 54.4 Å². The molecule has 24 heavy (non-hydrogen) atoms. The van der Waals surface area contributed by atoms with E-state index >= 15 is 0 Å². The average Bonchev–Trinajstić information content (AvgIpc) is 2.58. The van der Waals surface area contributed by atoms with E-state index in [9.17, 15) is 0 Å². The first kappa shape index (κ1) is 24.8. The van der Waals surface area contributed by atoms with Crippen LogP contribution in [0, 0.1) is 5.41 Å². The molecule has 0 spiro atoms. The first-order valence-corrected chi connectivity index (χ1v) is 9.47. The summed E-state index contributed by atoms with van der Waals surface area (Å²) in [5.74, 6) is 1.66. The van der Waals surface area contributed by atoms with E-state index in [1.807, 2.05) is 19.0 Å². The second kappa shape index (κ2) is 16.4. The van der Waals surface area contributed by atoms with Gasteiger partial charge < -0.3 is 20.0 Å². The molecule has 0 aliphatic carbocycles. The van der Waals surface area contributed by atoms with Gasteiger partial charge in [-0.2, -0.15) is 0 Å². The Morgan fingerprint density at radius 1 is 0.875 bits per heavy atom. The Bertz CT molecular complexity index is 323. The van der Waals surface area contributed by atoms with Crippen LogP contribution in [0.5, 0.6) is 0 Å². The highest BCUT2D eigenvalue weighted by atomic mass is 15.3. The topological polar surface area (TPSA) is 58.0 Å². The molecule has 0 saturated heterocycles. The summed E-state index contributed by atoms with van der Waals surface area (Å²) in [7, 11) is 3.81. The summed E-state index contributed by atoms with van der Waals surface area (Å²) in [4.78, 5) is 10.6. The third-order valence-corrected chi connectivity index (χ3v) is 3.50. The molecule has 0 aromatic rings. The number of hydrogen-bond donors (Lipinski definition) is 2. The lowest BCUT2D eigenvalue weighted by molar-refractivity contribution is 0.377. The Labute approximate surface area is 150 Å². The average molecular weight is 343 g/mol. The summed E-state index contributed by atoms with van der Waals surface area (Å²) in [6, 6.07) is 0. The van der Waals surface area contributed by atoms with E-state index in [1.165, 1.54) is 0 Å². The van der Waals surface area contributed by atoms with Crippen molar-refractivity contribution in [1.82, 2.24) is 20.0 Å². The van der Waals surface area contributed by atoms with Crippen LogP contribution >= 0.6 is 0 Å². The molecule has 0 heterocycles. The zero-order valence-electron chi connectivity index (χ0n) is 17.4. The largest absolute Gasteiger partial charge is 0.356 e. The summed E-state index contributed by atoms with van der Waals surface area (Å²) in [6.45, 7) is 18.5. The van der Waals surface area contributed by atoms with E-state index in [2.05, 4.69) is 61.7 Å². The standard InChI is InChI=1S/C10H23N3.C8H19N3/c1-5-9-12-10(11-6-2)13(7-3)8-4;1-5-7-11(6-2)8(9)10(3)4/h5-9H2,1-4H3,(H,11,12);9H,5-7H2,1-4H3. The van der Waals surface area contributed by atoms with E-state index in [1.54, 1.807) is 0 Å². The van der Waals surface area contributed by atoms with Crippen molar-refractivity contribution in [1.29, 1.82) is 5.41 Å². The molecular weight excluding hydrogens is 300 g/mol. The minimum absolute atomic E-state index is 0.606. The minimum Gasteiger partial charge on any atom is -0.356 e. The maximum Gasteiger partial charge on any atom is 0.193 e. The molecule has 0 aromatic heterocycles. The zero-order chi connectivity index (χ0) is 19.0. The summed E-state index contributed by atoms with van der Waals surface area (Å²) in [6.07, 6.45) is 2.24. The van der Waals surface area contributed by atoms with Crippen molar-refractivity contribution in [3.05, 3.63) is 0 Å². The lowest BCUT2D eigenvalue weighted by Crippen LogP contribution is -2.41. The minimum atomic E-state index is 0.606. The highest BCUT2D eigenvalue weighted by Gasteiger charge is 2.07. The van der Waals surface area contributed by atoms with E-state index in [0.29, 0.717) is 5.96 Å². The smallest absolute Gasteiger partial charge is 0.193 e. The van der Waals surface area contributed by atoms with Crippen molar-refractivity contribution in [3.63, 3.8) is 0 Å². The van der Waals surface area contributed by atoms with Gasteiger partial charge in [0.15, 0.2) is 11.9 Å². The molecule has 0 bridgehead atoms. The molecule has 144 valence electrons. The molecule has 2 N–H and O–H groups in total. The molecule has 0 saturated carbocycles. The van der Waals surface area contributed by atoms with Gasteiger partial charge in [0.1, 0.15) is 0 Å². The van der Waals surface area contributed by atoms with E-state index in [4.69, 9.17) is 5.41 Å². The third-order valence-electron chi connectivity index (χ3n) is 3.50. The fraction of sp³-hybridized carbons (Fsp3) is 0.889. The van der Waals surface area contributed by atoms with Gasteiger partial charge in [-0.25, -0.2) is 0 Å². The van der Waals surface area contributed by atoms with Gasteiger partial charge in [-0.15, -0.1) is 0 Å². The van der Waals surface area contributed by atoms with Crippen molar-refractivity contribution in [2.45, 2.75) is 54.4 Å². The van der Waals surface area contributed by atoms with Crippen LogP contribution in [0.2, 0.25) is 0 Å². The highest BCUT2D eigenvalue weighted by Crippen LogP contribution is 1.94. The molecule has 0 aliphatic heterocycles. The van der Waals surface area contributed by atoms with Crippen LogP contribution in [0.4, 0.5) is 0 Å². The maximum absolute atomic E-state index is 7.66. The predicted octanol–water partition coefficient (Wildman–Crippen LogP) is 2.92. The Morgan fingerprint density at radius 2 is 1.42 bits per heavy atom. The second-order valence-corrected chi connectivity index (χ2v) is 5.69. The fourth-order valence-corrected chi connectivity index (χ4v) is 2.14. The van der Waals surface area contributed by atoms with Gasteiger partial charge in [0.25, 0.3) is 0 Å². The van der Waals surface area contributed by atoms with E-state index in [0.717, 1.165) is 58.1 Å². The number of rotatable bonds is 8. The van der Waals surface area contributed by atoms with Crippen LogP contribution in [-0.4, -0.2) is 80.0 Å². The first-order chi connectivity index (χ1) is 11.4. The molecular formula is C18H42N6. The maximum atomic E-state index is 7.66. The number of hydrogen-bond acceptors (Lipinski definition) is 2. The number of nitrogens with one attached hydrogen (secondary N) is 2. The van der Waals surface area contributed by atoms with Crippen LogP contribution in [0.3, 0.4) is 0 Å². The Hall–Kier alpha value is -1.46. The van der Waals surface area contributed by atoms with Gasteiger partial charge in [0.05, 0.1) is 0 Å². The van der Waals surface area contributed by atoms with Gasteiger partial charge in [-0.05, 0) is 40.5 Å². The molecule has 0 fully saturated rings. The number of nitrogens with zero attached hydrogens (tertiary/aromatic N) is 4. The highest BCUT2D eigenvalue weighted by molar-refractivity contribution is 5.79. The predicted molar refractivity (Wildman–Crippen MR) is 108 cm³/mol. The quantitative estimate of drug-likeness (QED) is 0.526. The summed E-state index contributed by atoms with van der Waals surface area (Å²) in [5, 5.41) is 11.0. The van der Waals surface area contributed by atoms with Crippen LogP contribution in [0.15, 0.2) is 4.99 Å². The molecule has 0 amide bonds. The van der Waals surface area contributed by atoms with Crippen LogP contribution < -0.4 is 5.32 Å². The first-order valence-electron chi connectivity index (χ1n) is 9.47. The molecule has 6 heteroatoms. The molecule has 6 nitrogen and oxygen atoms in total. The van der Waals surface area contributed by atoms with E-state index in [-0.39, 0.29) is 0 Å². The van der Waals surface area contributed by atoms with Gasteiger partial charge >= 0.3 is 0 Å². The zero-order valence-corrected chi connectivity index (χ0v) is 17.4. The normalized spacial score (nSPS) is 10.6. The van der Waals surface area contributed by atoms with E-state index < -0.39 is 0 Å². The number of guanidine groups is 2. The van der Waals surface area contributed by atoms with Gasteiger partial charge in [-0.1, -0.05) is 13.8 Å². The van der Waals surface area contributed by atoms with Gasteiger partial charge in [0, 0.05) is 53.4 Å². The SMILES string of the molecule is CCCN(CC)C(=N)N(C)C.CCCNC(=NCC)N(CC)CC. The molecule has 0 aromatic carbocycles. The molecule has 0 rings (SSSR count). The lowest BCUT2D eigenvalue weighted by atomic mass is 10.4. The lowest BCUT2D eigenvalue weighted by Gasteiger charge is -2.27. The van der Waals surface area contributed by atoms with Crippen LogP contribution in [-0.2, 0) is 0 Å². The molecule has 0 radical (unpaired) electrons. The summed E-state index contributed by atoms with van der Waals surface area (Å²) in [5.41, 5.74) is 0. The molecule has 0 unspecified atom stereocenters. The second-order valence-electron chi connectivity index (χ2n) is 5.69. The van der Waals surface area contributed by atoms with Gasteiger partial charge in [0.2, 0.25) is 0 Å². The van der Waals surface area contributed by atoms with Gasteiger partial charge in [-0.3, -0.25) is 10.4 Å². The Morgan fingerprint density at radius 3 is 1.75 bits per heavy atom. The third kappa shape index (κ3) is 11.1. The Kier molecular flexibility index (Phi) is 16.9. The van der Waals surface area contributed by atoms with Crippen molar-refractivity contribution in [2.24, 2.45) is 4.99 Å². The number of aliphatic imine (C=N–C) groups is 1. The molecule has 0 aliphatic rings. The van der Waals surface area contributed by atoms with Crippen molar-refractivity contribution in [2.75, 3.05) is 53.4 Å².